The van der Waals surface area contributed by atoms with Crippen LogP contribution in [0.5, 0.6) is 0 Å². The predicted molar refractivity (Wildman–Crippen MR) is 128 cm³/mol. The molecule has 0 aromatic heterocycles. The Morgan fingerprint density at radius 2 is 1.56 bits per heavy atom. The Morgan fingerprint density at radius 1 is 0.906 bits per heavy atom. The molecule has 173 valence electrons. The van der Waals surface area contributed by atoms with Crippen LogP contribution in [-0.2, 0) is 45.7 Å². The molecule has 2 aliphatic rings. The van der Waals surface area contributed by atoms with Crippen molar-refractivity contribution in [2.45, 2.75) is 51.1 Å². The molecule has 1 radical (unpaired) electrons. The molecule has 5 nitrogen and oxygen atoms in total. The van der Waals surface area contributed by atoms with E-state index in [4.69, 9.17) is 21.3 Å². The molecule has 0 amide bonds. The molecule has 1 saturated carbocycles. The Hall–Kier alpha value is -0.816. The van der Waals surface area contributed by atoms with Crippen molar-refractivity contribution in [2.24, 2.45) is 5.92 Å². The van der Waals surface area contributed by atoms with Crippen molar-refractivity contribution in [3.05, 3.63) is 70.5 Å². The van der Waals surface area contributed by atoms with Crippen LogP contribution < -0.4 is 5.73 Å². The van der Waals surface area contributed by atoms with Gasteiger partial charge >= 0.3 is 0 Å². The van der Waals surface area contributed by atoms with Gasteiger partial charge in [-0.3, -0.25) is 4.90 Å². The van der Waals surface area contributed by atoms with Crippen molar-refractivity contribution in [1.29, 1.82) is 0 Å². The number of rotatable bonds is 7. The molecule has 2 aromatic rings. The molecule has 1 fully saturated rings. The van der Waals surface area contributed by atoms with Crippen LogP contribution in [0.4, 0.5) is 5.69 Å². The van der Waals surface area contributed by atoms with Gasteiger partial charge in [-0.1, -0.05) is 80.0 Å². The zero-order chi connectivity index (χ0) is 21.9. The summed E-state index contributed by atoms with van der Waals surface area (Å²) in [5.74, 6) is 0.829. The summed E-state index contributed by atoms with van der Waals surface area (Å²) in [5, 5.41) is 22.6. The van der Waals surface area contributed by atoms with Crippen molar-refractivity contribution in [2.75, 3.05) is 38.6 Å². The number of nitrogen functional groups attached to an aromatic ring is 1. The molecule has 32 heavy (non-hydrogen) atoms. The quantitative estimate of drug-likeness (QED) is 0.483. The SMILES string of the molecule is Nc1ccc(CN(CCO)CCO)cc1.[Y].c1ccc2c(c1)CC[N-]C2C1CCCCC1. The third-order valence-corrected chi connectivity index (χ3v) is 6.40. The monoisotopic (exact) mass is 513 g/mol. The average molecular weight is 514 g/mol. The van der Waals surface area contributed by atoms with Gasteiger partial charge in [0.25, 0.3) is 0 Å². The Labute approximate surface area is 218 Å². The van der Waals surface area contributed by atoms with Gasteiger partial charge in [-0.15, -0.1) is 12.6 Å². The number of hydrogen-bond acceptors (Lipinski definition) is 4. The molecule has 4 rings (SSSR count). The molecular weight excluding hydrogens is 475 g/mol. The zero-order valence-corrected chi connectivity index (χ0v) is 22.0. The van der Waals surface area contributed by atoms with Crippen LogP contribution in [0.15, 0.2) is 48.5 Å². The van der Waals surface area contributed by atoms with Gasteiger partial charge in [0.15, 0.2) is 0 Å². The summed E-state index contributed by atoms with van der Waals surface area (Å²) in [6.45, 7) is 3.12. The van der Waals surface area contributed by atoms with Gasteiger partial charge in [0.1, 0.15) is 0 Å². The predicted octanol–water partition coefficient (Wildman–Crippen LogP) is 4.29. The van der Waals surface area contributed by atoms with E-state index in [1.807, 2.05) is 29.2 Å². The maximum Gasteiger partial charge on any atom is 0.0558 e. The fourth-order valence-electron chi connectivity index (χ4n) is 4.76. The number of fused-ring (bicyclic) bond motifs is 1. The smallest absolute Gasteiger partial charge is 0.0558 e. The summed E-state index contributed by atoms with van der Waals surface area (Å²) < 4.78 is 0. The number of anilines is 1. The van der Waals surface area contributed by atoms with Gasteiger partial charge in [-0.25, -0.2) is 0 Å². The number of aliphatic hydroxyl groups excluding tert-OH is 2. The van der Waals surface area contributed by atoms with Crippen LogP contribution >= 0.6 is 0 Å². The van der Waals surface area contributed by atoms with E-state index in [2.05, 4.69) is 24.3 Å². The summed E-state index contributed by atoms with van der Waals surface area (Å²) in [6.07, 6.45) is 8.20. The van der Waals surface area contributed by atoms with Gasteiger partial charge in [-0.2, -0.15) is 0 Å². The third-order valence-electron chi connectivity index (χ3n) is 6.40. The fourth-order valence-corrected chi connectivity index (χ4v) is 4.76. The second-order valence-corrected chi connectivity index (χ2v) is 8.66. The molecule has 0 bridgehead atoms. The second-order valence-electron chi connectivity index (χ2n) is 8.66. The van der Waals surface area contributed by atoms with Crippen LogP contribution in [0.3, 0.4) is 0 Å². The summed E-state index contributed by atoms with van der Waals surface area (Å²) in [7, 11) is 0. The minimum atomic E-state index is 0. The van der Waals surface area contributed by atoms with Crippen molar-refractivity contribution in [3.63, 3.8) is 0 Å². The largest absolute Gasteiger partial charge is 0.655 e. The standard InChI is InChI=1S/C15H20N.C11H18N2O2.Y/c1-2-7-13(8-3-1)15-14-9-5-4-6-12(14)10-11-16-15;12-11-3-1-10(2-4-11)9-13(5-7-14)6-8-15;/h4-6,9,13,15H,1-3,7-8,10-11H2;1-4,14-15H,5-9,12H2;/q-1;;. The Kier molecular flexibility index (Phi) is 13.0. The van der Waals surface area contributed by atoms with Gasteiger partial charge in [0, 0.05) is 58.0 Å². The molecule has 1 unspecified atom stereocenters. The van der Waals surface area contributed by atoms with Gasteiger partial charge in [-0.05, 0) is 29.7 Å². The summed E-state index contributed by atoms with van der Waals surface area (Å²) >= 11 is 0. The van der Waals surface area contributed by atoms with E-state index >= 15 is 0 Å². The van der Waals surface area contributed by atoms with Crippen LogP contribution in [-0.4, -0.2) is 48.0 Å². The summed E-state index contributed by atoms with van der Waals surface area (Å²) in [4.78, 5) is 1.99. The first-order chi connectivity index (χ1) is 15.2. The number of nitrogens with two attached hydrogens (primary N) is 1. The van der Waals surface area contributed by atoms with Gasteiger partial charge in [0.2, 0.25) is 0 Å². The topological polar surface area (TPSA) is 83.8 Å². The molecular formula is C26H38N3O2Y-. The minimum Gasteiger partial charge on any atom is -0.655 e. The normalized spacial score (nSPS) is 18.3. The van der Waals surface area contributed by atoms with Gasteiger partial charge in [0.05, 0.1) is 13.2 Å². The third kappa shape index (κ3) is 8.51. The fraction of sp³-hybridized carbons (Fsp3) is 0.538. The first-order valence-corrected chi connectivity index (χ1v) is 11.7. The summed E-state index contributed by atoms with van der Waals surface area (Å²) in [5.41, 5.74) is 10.5. The number of benzene rings is 2. The number of nitrogens with zero attached hydrogens (tertiary/aromatic N) is 2. The van der Waals surface area contributed by atoms with E-state index in [0.29, 0.717) is 19.1 Å². The van der Waals surface area contributed by atoms with Crippen molar-refractivity contribution in [1.82, 2.24) is 4.90 Å². The maximum atomic E-state index is 8.84. The van der Waals surface area contributed by atoms with E-state index in [0.717, 1.165) is 36.7 Å². The minimum absolute atomic E-state index is 0. The molecule has 0 spiro atoms. The first-order valence-electron chi connectivity index (χ1n) is 11.7. The molecule has 1 heterocycles. The molecule has 4 N–H and O–H groups in total. The average Bonchev–Trinajstić information content (AvgIpc) is 2.81. The van der Waals surface area contributed by atoms with E-state index in [1.54, 1.807) is 5.56 Å². The molecule has 6 heteroatoms. The van der Waals surface area contributed by atoms with Crippen molar-refractivity contribution < 1.29 is 42.9 Å². The van der Waals surface area contributed by atoms with Crippen LogP contribution in [0.2, 0.25) is 0 Å². The van der Waals surface area contributed by atoms with Crippen LogP contribution in [0.1, 0.15) is 54.8 Å². The molecule has 1 atom stereocenters. The Balaban J connectivity index is 0.000000221. The molecule has 0 saturated heterocycles. The Bertz CT molecular complexity index is 760. The van der Waals surface area contributed by atoms with E-state index in [1.165, 1.54) is 37.7 Å². The first kappa shape index (κ1) is 27.4. The van der Waals surface area contributed by atoms with E-state index < -0.39 is 0 Å². The van der Waals surface area contributed by atoms with E-state index in [9.17, 15) is 0 Å². The second kappa shape index (κ2) is 15.2. The molecule has 1 aliphatic heterocycles. The van der Waals surface area contributed by atoms with Crippen LogP contribution in [0, 0.1) is 5.92 Å². The number of hydrogen-bond donors (Lipinski definition) is 3. The summed E-state index contributed by atoms with van der Waals surface area (Å²) in [6, 6.07) is 17.1. The van der Waals surface area contributed by atoms with Crippen LogP contribution in [0.25, 0.3) is 5.32 Å². The zero-order valence-electron chi connectivity index (χ0n) is 19.2. The van der Waals surface area contributed by atoms with Gasteiger partial charge < -0.3 is 21.3 Å². The van der Waals surface area contributed by atoms with E-state index in [-0.39, 0.29) is 45.9 Å². The van der Waals surface area contributed by atoms with Crippen molar-refractivity contribution in [3.8, 4) is 0 Å². The Morgan fingerprint density at radius 3 is 2.22 bits per heavy atom. The maximum absolute atomic E-state index is 8.84. The number of aliphatic hydroxyl groups is 2. The molecule has 1 aliphatic carbocycles. The molecule has 2 aromatic carbocycles. The van der Waals surface area contributed by atoms with Crippen molar-refractivity contribution >= 4 is 5.69 Å².